The lowest BCUT2D eigenvalue weighted by Gasteiger charge is -2.62. The van der Waals surface area contributed by atoms with Crippen LogP contribution in [0.15, 0.2) is 0 Å². The van der Waals surface area contributed by atoms with E-state index >= 15 is 4.39 Å². The number of alkyl halides is 1. The third kappa shape index (κ3) is 2.35. The van der Waals surface area contributed by atoms with Crippen LogP contribution in [0.2, 0.25) is 0 Å². The predicted octanol–water partition coefficient (Wildman–Crippen LogP) is 4.62. The zero-order chi connectivity index (χ0) is 18.0. The zero-order valence-electron chi connectivity index (χ0n) is 15.8. The highest BCUT2D eigenvalue weighted by Crippen LogP contribution is 2.67. The molecule has 0 N–H and O–H groups in total. The van der Waals surface area contributed by atoms with E-state index in [4.69, 9.17) is 4.74 Å². The molecule has 0 aromatic heterocycles. The van der Waals surface area contributed by atoms with Gasteiger partial charge < -0.3 is 4.74 Å². The van der Waals surface area contributed by atoms with Crippen LogP contribution in [-0.2, 0) is 14.3 Å². The maximum absolute atomic E-state index is 16.1. The Balaban J connectivity index is 1.60. The molecule has 0 radical (unpaired) electrons. The molecule has 4 rings (SSSR count). The van der Waals surface area contributed by atoms with Crippen LogP contribution in [0.5, 0.6) is 0 Å². The van der Waals surface area contributed by atoms with Crippen molar-refractivity contribution in [2.24, 2.45) is 28.6 Å². The summed E-state index contributed by atoms with van der Waals surface area (Å²) in [5.41, 5.74) is -1.72. The molecule has 0 amide bonds. The van der Waals surface area contributed by atoms with Crippen LogP contribution in [0.3, 0.4) is 0 Å². The first-order valence-electron chi connectivity index (χ1n) is 10.1. The Bertz CT molecular complexity index is 604. The fraction of sp³-hybridized carbons (Fsp3) is 0.905. The summed E-state index contributed by atoms with van der Waals surface area (Å²) in [6, 6.07) is 0. The number of halogens is 1. The standard InChI is InChI=1S/C21H31FO3/c1-13(23)25-14-6-10-20(3)17-8-9-19(2)16(4-5-18(19)24)15(17)7-11-21(20,22)12-14/h14-17H,4-12H2,1-3H3/t14-,15+,16+,17+,19+,20-,21-/m1/s1. The van der Waals surface area contributed by atoms with E-state index in [1.165, 1.54) is 6.92 Å². The molecule has 7 atom stereocenters. The van der Waals surface area contributed by atoms with Crippen molar-refractivity contribution in [2.75, 3.05) is 0 Å². The molecule has 140 valence electrons. The molecule has 4 aliphatic carbocycles. The monoisotopic (exact) mass is 350 g/mol. The lowest BCUT2D eigenvalue weighted by Crippen LogP contribution is -2.61. The largest absolute Gasteiger partial charge is 0.462 e. The lowest BCUT2D eigenvalue weighted by molar-refractivity contribution is -0.192. The minimum atomic E-state index is -1.23. The fourth-order valence-corrected chi connectivity index (χ4v) is 7.27. The Morgan fingerprint density at radius 3 is 2.56 bits per heavy atom. The van der Waals surface area contributed by atoms with Crippen molar-refractivity contribution >= 4 is 11.8 Å². The second-order valence-corrected chi connectivity index (χ2v) is 9.69. The van der Waals surface area contributed by atoms with Gasteiger partial charge in [-0.05, 0) is 62.7 Å². The summed E-state index contributed by atoms with van der Waals surface area (Å²) < 4.78 is 21.5. The number of carbonyl (C=O) groups excluding carboxylic acids is 2. The summed E-state index contributed by atoms with van der Waals surface area (Å²) in [7, 11) is 0. The molecule has 0 aromatic rings. The summed E-state index contributed by atoms with van der Waals surface area (Å²) in [5, 5.41) is 0. The molecule has 0 unspecified atom stereocenters. The Labute approximate surface area is 150 Å². The van der Waals surface area contributed by atoms with Crippen molar-refractivity contribution < 1.29 is 18.7 Å². The van der Waals surface area contributed by atoms with E-state index in [1.807, 2.05) is 0 Å². The molecule has 4 heteroatoms. The Morgan fingerprint density at radius 2 is 1.84 bits per heavy atom. The summed E-state index contributed by atoms with van der Waals surface area (Å²) in [6.45, 7) is 5.72. The number of hydrogen-bond donors (Lipinski definition) is 0. The average molecular weight is 350 g/mol. The summed E-state index contributed by atoms with van der Waals surface area (Å²) >= 11 is 0. The molecule has 25 heavy (non-hydrogen) atoms. The van der Waals surface area contributed by atoms with Gasteiger partial charge in [0.25, 0.3) is 0 Å². The van der Waals surface area contributed by atoms with E-state index in [9.17, 15) is 9.59 Å². The normalized spacial score (nSPS) is 52.1. The molecule has 4 fully saturated rings. The molecular weight excluding hydrogens is 319 g/mol. The van der Waals surface area contributed by atoms with E-state index < -0.39 is 5.67 Å². The quantitative estimate of drug-likeness (QED) is 0.648. The number of hydrogen-bond acceptors (Lipinski definition) is 3. The van der Waals surface area contributed by atoms with Gasteiger partial charge in [0.15, 0.2) is 0 Å². The zero-order valence-corrected chi connectivity index (χ0v) is 15.8. The first-order chi connectivity index (χ1) is 11.7. The summed E-state index contributed by atoms with van der Waals surface area (Å²) in [5.74, 6) is 1.45. The summed E-state index contributed by atoms with van der Waals surface area (Å²) in [4.78, 5) is 23.8. The maximum atomic E-state index is 16.1. The number of ketones is 1. The Morgan fingerprint density at radius 1 is 1.08 bits per heavy atom. The Kier molecular flexibility index (Phi) is 3.87. The van der Waals surface area contributed by atoms with Crippen molar-refractivity contribution in [3.8, 4) is 0 Å². The second kappa shape index (κ2) is 5.53. The highest BCUT2D eigenvalue weighted by molar-refractivity contribution is 5.87. The van der Waals surface area contributed by atoms with Gasteiger partial charge in [-0.1, -0.05) is 13.8 Å². The molecule has 4 aliphatic rings. The number of carbonyl (C=O) groups is 2. The number of rotatable bonds is 1. The molecule has 0 aromatic carbocycles. The third-order valence-corrected chi connectivity index (χ3v) is 8.73. The van der Waals surface area contributed by atoms with Gasteiger partial charge in [0.05, 0.1) is 0 Å². The van der Waals surface area contributed by atoms with Crippen molar-refractivity contribution in [3.05, 3.63) is 0 Å². The molecule has 0 spiro atoms. The number of ether oxygens (including phenoxy) is 1. The van der Waals surface area contributed by atoms with Crippen molar-refractivity contribution in [1.82, 2.24) is 0 Å². The average Bonchev–Trinajstić information content (AvgIpc) is 2.84. The summed E-state index contributed by atoms with van der Waals surface area (Å²) in [6.07, 6.45) is 6.71. The number of esters is 1. The van der Waals surface area contributed by atoms with Crippen LogP contribution in [0, 0.1) is 28.6 Å². The van der Waals surface area contributed by atoms with Crippen molar-refractivity contribution in [2.45, 2.75) is 90.3 Å². The fourth-order valence-electron chi connectivity index (χ4n) is 7.27. The van der Waals surface area contributed by atoms with E-state index in [1.54, 1.807) is 0 Å². The van der Waals surface area contributed by atoms with Gasteiger partial charge in [-0.15, -0.1) is 0 Å². The SMILES string of the molecule is CC(=O)O[C@@H]1CC[C@]2(C)[C@H]3CC[C@]4(C)C(=O)CC[C@H]4[C@@H]3CC[C@@]2(F)C1. The van der Waals surface area contributed by atoms with Gasteiger partial charge in [-0.25, -0.2) is 4.39 Å². The van der Waals surface area contributed by atoms with Crippen LogP contribution < -0.4 is 0 Å². The van der Waals surface area contributed by atoms with Gasteiger partial charge in [0.1, 0.15) is 17.6 Å². The molecule has 0 aliphatic heterocycles. The van der Waals surface area contributed by atoms with E-state index in [0.29, 0.717) is 36.4 Å². The first-order valence-corrected chi connectivity index (χ1v) is 10.1. The first kappa shape index (κ1) is 17.5. The van der Waals surface area contributed by atoms with Crippen molar-refractivity contribution in [3.63, 3.8) is 0 Å². The molecule has 4 saturated carbocycles. The van der Waals surface area contributed by atoms with Crippen LogP contribution in [0.25, 0.3) is 0 Å². The Hall–Kier alpha value is -0.930. The van der Waals surface area contributed by atoms with Gasteiger partial charge in [-0.3, -0.25) is 9.59 Å². The number of Topliss-reactive ketones (excluding diaryl/α,β-unsaturated/α-hetero) is 1. The van der Waals surface area contributed by atoms with Crippen LogP contribution in [0.1, 0.15) is 78.6 Å². The maximum Gasteiger partial charge on any atom is 0.302 e. The third-order valence-electron chi connectivity index (χ3n) is 8.73. The molecule has 0 heterocycles. The van der Waals surface area contributed by atoms with Gasteiger partial charge >= 0.3 is 5.97 Å². The van der Waals surface area contributed by atoms with E-state index in [-0.39, 0.29) is 22.9 Å². The van der Waals surface area contributed by atoms with Crippen LogP contribution >= 0.6 is 0 Å². The van der Waals surface area contributed by atoms with Crippen molar-refractivity contribution in [1.29, 1.82) is 0 Å². The minimum absolute atomic E-state index is 0.150. The van der Waals surface area contributed by atoms with Gasteiger partial charge in [0.2, 0.25) is 0 Å². The highest BCUT2D eigenvalue weighted by Gasteiger charge is 2.65. The van der Waals surface area contributed by atoms with Gasteiger partial charge in [0, 0.05) is 30.6 Å². The molecule has 0 bridgehead atoms. The van der Waals surface area contributed by atoms with Gasteiger partial charge in [-0.2, -0.15) is 0 Å². The van der Waals surface area contributed by atoms with Crippen LogP contribution in [0.4, 0.5) is 4.39 Å². The highest BCUT2D eigenvalue weighted by atomic mass is 19.1. The van der Waals surface area contributed by atoms with E-state index in [2.05, 4.69) is 13.8 Å². The predicted molar refractivity (Wildman–Crippen MR) is 92.6 cm³/mol. The molecular formula is C21H31FO3. The molecule has 0 saturated heterocycles. The topological polar surface area (TPSA) is 43.4 Å². The van der Waals surface area contributed by atoms with E-state index in [0.717, 1.165) is 44.9 Å². The second-order valence-electron chi connectivity index (χ2n) is 9.69. The minimum Gasteiger partial charge on any atom is -0.462 e. The smallest absolute Gasteiger partial charge is 0.302 e. The van der Waals surface area contributed by atoms with Crippen LogP contribution in [-0.4, -0.2) is 23.5 Å². The lowest BCUT2D eigenvalue weighted by atomic mass is 9.44. The number of fused-ring (bicyclic) bond motifs is 5. The molecule has 3 nitrogen and oxygen atoms in total.